The summed E-state index contributed by atoms with van der Waals surface area (Å²) in [5.74, 6) is -0.328. The molecule has 164 valence electrons. The molecular weight excluding hydrogens is 462 g/mol. The number of rotatable bonds is 5. The minimum atomic E-state index is -2.64. The van der Waals surface area contributed by atoms with Crippen LogP contribution in [0.4, 0.5) is 0 Å². The lowest BCUT2D eigenvalue weighted by Gasteiger charge is -2.21. The van der Waals surface area contributed by atoms with Crippen molar-refractivity contribution in [2.45, 2.75) is 40.0 Å². The molecule has 0 aliphatic carbocycles. The van der Waals surface area contributed by atoms with Crippen LogP contribution >= 0.6 is 31.0 Å². The van der Waals surface area contributed by atoms with E-state index in [1.165, 1.54) is 12.1 Å². The third-order valence-electron chi connectivity index (χ3n) is 5.35. The molecule has 0 radical (unpaired) electrons. The largest absolute Gasteiger partial charge is 0.461 e. The zero-order valence-corrected chi connectivity index (χ0v) is 21.0. The summed E-state index contributed by atoms with van der Waals surface area (Å²) in [5, 5.41) is 0.0342. The first-order valence-corrected chi connectivity index (χ1v) is 12.2. The second kappa shape index (κ2) is 9.27. The fourth-order valence-corrected chi connectivity index (χ4v) is 5.83. The van der Waals surface area contributed by atoms with Crippen LogP contribution in [-0.2, 0) is 9.98 Å². The van der Waals surface area contributed by atoms with E-state index in [1.807, 2.05) is 26.0 Å². The summed E-state index contributed by atoms with van der Waals surface area (Å²) < 4.78 is 13.4. The topological polar surface area (TPSA) is 51.2 Å². The molecule has 3 aromatic rings. The van der Waals surface area contributed by atoms with E-state index in [-0.39, 0.29) is 32.1 Å². The normalized spacial score (nSPS) is 11.9. The fraction of sp³-hybridized carbons (Fsp3) is 0.231. The van der Waals surface area contributed by atoms with E-state index in [0.29, 0.717) is 11.1 Å². The molecule has 6 heteroatoms. The van der Waals surface area contributed by atoms with Gasteiger partial charge in [-0.1, -0.05) is 91.0 Å². The lowest BCUT2D eigenvalue weighted by molar-refractivity contribution is 0.103. The van der Waals surface area contributed by atoms with Crippen LogP contribution in [0.3, 0.4) is 0 Å². The Kier molecular flexibility index (Phi) is 7.05. The Bertz CT molecular complexity index is 1220. The number of ketones is 1. The van der Waals surface area contributed by atoms with E-state index in [9.17, 15) is 14.2 Å². The third kappa shape index (κ3) is 4.71. The molecule has 0 saturated carbocycles. The molecule has 0 heterocycles. The Hall–Kier alpha value is -2.32. The highest BCUT2D eigenvalue weighted by molar-refractivity contribution is 7.72. The van der Waals surface area contributed by atoms with Crippen molar-refractivity contribution in [3.05, 3.63) is 98.0 Å². The molecule has 0 fully saturated rings. The fourth-order valence-electron chi connectivity index (χ4n) is 3.58. The minimum Gasteiger partial charge on any atom is -0.289 e. The lowest BCUT2D eigenvalue weighted by Crippen LogP contribution is -2.16. The highest BCUT2D eigenvalue weighted by atomic mass is 35.5. The van der Waals surface area contributed by atoms with Gasteiger partial charge in [-0.2, -0.15) is 0 Å². The molecule has 0 spiro atoms. The second-order valence-corrected chi connectivity index (χ2v) is 11.0. The van der Waals surface area contributed by atoms with Crippen molar-refractivity contribution in [2.24, 2.45) is 0 Å². The lowest BCUT2D eigenvalue weighted by atomic mass is 9.84. The molecule has 1 atom stereocenters. The molecule has 0 N–H and O–H groups in total. The predicted octanol–water partition coefficient (Wildman–Crippen LogP) is 7.43. The maximum Gasteiger partial charge on any atom is 0.461 e. The zero-order chi connectivity index (χ0) is 23.8. The Labute approximate surface area is 199 Å². The predicted molar refractivity (Wildman–Crippen MR) is 133 cm³/mol. The summed E-state index contributed by atoms with van der Waals surface area (Å²) in [6.07, 6.45) is 0. The smallest absolute Gasteiger partial charge is 0.289 e. The first kappa shape index (κ1) is 24.3. The molecule has 3 rings (SSSR count). The summed E-state index contributed by atoms with van der Waals surface area (Å²) >= 11 is 12.8. The first-order chi connectivity index (χ1) is 14.9. The molecule has 0 aliphatic rings. The summed E-state index contributed by atoms with van der Waals surface area (Å²) in [7, 11) is -2.64. The van der Waals surface area contributed by atoms with E-state index >= 15 is 0 Å². The van der Waals surface area contributed by atoms with E-state index in [2.05, 4.69) is 20.8 Å². The number of carbonyl (C=O) groups is 2. The molecule has 3 aromatic carbocycles. The third-order valence-corrected chi connectivity index (χ3v) is 7.78. The van der Waals surface area contributed by atoms with Crippen LogP contribution in [-0.4, -0.2) is 11.3 Å². The van der Waals surface area contributed by atoms with Gasteiger partial charge >= 0.3 is 13.3 Å². The quantitative estimate of drug-likeness (QED) is 0.278. The van der Waals surface area contributed by atoms with Crippen LogP contribution in [0.1, 0.15) is 63.7 Å². The molecule has 0 aromatic heterocycles. The monoisotopic (exact) mass is 485 g/mol. The Balaban J connectivity index is 2.07. The van der Waals surface area contributed by atoms with Crippen molar-refractivity contribution in [1.82, 2.24) is 0 Å². The van der Waals surface area contributed by atoms with Gasteiger partial charge in [0, 0.05) is 11.1 Å². The minimum absolute atomic E-state index is 0.00573. The maximum absolute atomic E-state index is 13.4. The van der Waals surface area contributed by atoms with Crippen molar-refractivity contribution in [3.63, 3.8) is 0 Å². The Morgan fingerprint density at radius 1 is 0.875 bits per heavy atom. The van der Waals surface area contributed by atoms with Gasteiger partial charge in [-0.25, -0.2) is 4.79 Å². The molecule has 1 unspecified atom stereocenters. The summed E-state index contributed by atoms with van der Waals surface area (Å²) in [4.78, 5) is 26.2. The average Bonchev–Trinajstić information content (AvgIpc) is 2.72. The van der Waals surface area contributed by atoms with Crippen LogP contribution in [0.2, 0.25) is 10.0 Å². The number of aryl methyl sites for hydroxylation is 2. The highest BCUT2D eigenvalue weighted by Crippen LogP contribution is 2.38. The van der Waals surface area contributed by atoms with Gasteiger partial charge in [0.25, 0.3) is 0 Å². The molecule has 3 nitrogen and oxygen atoms in total. The van der Waals surface area contributed by atoms with Crippen molar-refractivity contribution in [1.29, 1.82) is 0 Å². The van der Waals surface area contributed by atoms with E-state index in [1.54, 1.807) is 30.3 Å². The summed E-state index contributed by atoms with van der Waals surface area (Å²) in [5.41, 5.74) is 2.93. The molecular formula is C26H24Cl2O3P+. The first-order valence-electron chi connectivity index (χ1n) is 10.1. The van der Waals surface area contributed by atoms with Crippen molar-refractivity contribution >= 4 is 47.6 Å². The van der Waals surface area contributed by atoms with Crippen LogP contribution in [0.25, 0.3) is 0 Å². The van der Waals surface area contributed by atoms with Crippen LogP contribution in [0.15, 0.2) is 54.6 Å². The Morgan fingerprint density at radius 3 is 1.97 bits per heavy atom. The molecule has 0 amide bonds. The van der Waals surface area contributed by atoms with E-state index < -0.39 is 13.3 Å². The van der Waals surface area contributed by atoms with Crippen LogP contribution in [0.5, 0.6) is 0 Å². The number of halogens is 2. The standard InChI is InChI=1S/C26H24Cl2O3P/c1-15-13-18(26(3,4)5)14-16(2)21(15)25(30)32(31)24-20(27)12-11-19(22(24)28)23(29)17-9-7-6-8-10-17/h6-14H,1-5H3/q+1. The summed E-state index contributed by atoms with van der Waals surface area (Å²) in [6, 6.07) is 15.5. The van der Waals surface area contributed by atoms with E-state index in [4.69, 9.17) is 23.2 Å². The van der Waals surface area contributed by atoms with Gasteiger partial charge in [-0.15, -0.1) is 0 Å². The SMILES string of the molecule is Cc1cc(C(C)(C)C)cc(C)c1C(=O)[P+](=O)c1c(Cl)ccc(C(=O)c2ccccc2)c1Cl. The van der Waals surface area contributed by atoms with Gasteiger partial charge in [0.1, 0.15) is 5.02 Å². The molecule has 0 saturated heterocycles. The van der Waals surface area contributed by atoms with Crippen LogP contribution < -0.4 is 5.30 Å². The number of hydrogen-bond acceptors (Lipinski definition) is 3. The van der Waals surface area contributed by atoms with Crippen molar-refractivity contribution in [2.75, 3.05) is 0 Å². The zero-order valence-electron chi connectivity index (χ0n) is 18.6. The van der Waals surface area contributed by atoms with Crippen molar-refractivity contribution < 1.29 is 14.2 Å². The van der Waals surface area contributed by atoms with Crippen molar-refractivity contribution in [3.8, 4) is 0 Å². The molecule has 0 bridgehead atoms. The van der Waals surface area contributed by atoms with Gasteiger partial charge in [0.05, 0.1) is 10.6 Å². The maximum atomic E-state index is 13.4. The number of benzene rings is 3. The average molecular weight is 486 g/mol. The van der Waals surface area contributed by atoms with Gasteiger partial charge < -0.3 is 0 Å². The number of carbonyl (C=O) groups excluding carboxylic acids is 2. The molecule has 32 heavy (non-hydrogen) atoms. The highest BCUT2D eigenvalue weighted by Gasteiger charge is 2.40. The summed E-state index contributed by atoms with van der Waals surface area (Å²) in [6.45, 7) is 9.95. The molecule has 0 aliphatic heterocycles. The second-order valence-electron chi connectivity index (χ2n) is 8.79. The van der Waals surface area contributed by atoms with Gasteiger partial charge in [0.15, 0.2) is 5.78 Å². The number of hydrogen-bond donors (Lipinski definition) is 0. The van der Waals surface area contributed by atoms with Crippen LogP contribution in [0, 0.1) is 13.8 Å². The van der Waals surface area contributed by atoms with Gasteiger partial charge in [-0.05, 0) is 48.1 Å². The van der Waals surface area contributed by atoms with Gasteiger partial charge in [-0.3, -0.25) is 4.79 Å². The van der Waals surface area contributed by atoms with E-state index in [0.717, 1.165) is 16.7 Å². The Morgan fingerprint density at radius 2 is 1.44 bits per heavy atom. The van der Waals surface area contributed by atoms with Gasteiger partial charge in [0.2, 0.25) is 5.30 Å².